The molecule has 2 aromatic carbocycles. The fourth-order valence-corrected chi connectivity index (χ4v) is 1.73. The molecule has 0 saturated heterocycles. The van der Waals surface area contributed by atoms with Crippen LogP contribution < -0.4 is 4.74 Å². The number of phenolic OH excluding ortho intramolecular Hbond substituents is 2. The first-order chi connectivity index (χ1) is 9.08. The van der Waals surface area contributed by atoms with Crippen LogP contribution in [0.5, 0.6) is 17.2 Å². The SMILES string of the molecule is O=C(COc1ccccc1Cl)c1ccc(O)cc1O. The van der Waals surface area contributed by atoms with Crippen molar-refractivity contribution in [2.75, 3.05) is 6.61 Å². The normalized spacial score (nSPS) is 10.2. The molecule has 0 amide bonds. The van der Waals surface area contributed by atoms with E-state index in [-0.39, 0.29) is 23.7 Å². The van der Waals surface area contributed by atoms with Gasteiger partial charge in [0.15, 0.2) is 6.61 Å². The number of benzene rings is 2. The molecule has 0 radical (unpaired) electrons. The molecule has 98 valence electrons. The lowest BCUT2D eigenvalue weighted by molar-refractivity contribution is 0.0919. The van der Waals surface area contributed by atoms with Crippen molar-refractivity contribution in [3.05, 3.63) is 53.1 Å². The summed E-state index contributed by atoms with van der Waals surface area (Å²) in [5.41, 5.74) is 0.0878. The third kappa shape index (κ3) is 3.17. The molecule has 2 rings (SSSR count). The molecule has 0 saturated carbocycles. The van der Waals surface area contributed by atoms with Crippen molar-refractivity contribution in [1.29, 1.82) is 0 Å². The van der Waals surface area contributed by atoms with Crippen LogP contribution >= 0.6 is 11.6 Å². The first-order valence-corrected chi connectivity index (χ1v) is 5.88. The Labute approximate surface area is 114 Å². The zero-order valence-electron chi connectivity index (χ0n) is 9.84. The van der Waals surface area contributed by atoms with Gasteiger partial charge in [0.25, 0.3) is 0 Å². The fraction of sp³-hybridized carbons (Fsp3) is 0.0714. The van der Waals surface area contributed by atoms with Gasteiger partial charge in [-0.15, -0.1) is 0 Å². The largest absolute Gasteiger partial charge is 0.508 e. The van der Waals surface area contributed by atoms with E-state index in [0.717, 1.165) is 6.07 Å². The molecule has 0 bridgehead atoms. The summed E-state index contributed by atoms with van der Waals surface area (Å²) in [6, 6.07) is 10.5. The third-order valence-electron chi connectivity index (χ3n) is 2.48. The Kier molecular flexibility index (Phi) is 3.92. The molecule has 0 heterocycles. The predicted molar refractivity (Wildman–Crippen MR) is 71.0 cm³/mol. The first-order valence-electron chi connectivity index (χ1n) is 5.50. The summed E-state index contributed by atoms with van der Waals surface area (Å²) < 4.78 is 5.28. The van der Waals surface area contributed by atoms with E-state index in [9.17, 15) is 9.90 Å². The maximum atomic E-state index is 11.9. The van der Waals surface area contributed by atoms with Gasteiger partial charge in [-0.1, -0.05) is 23.7 Å². The van der Waals surface area contributed by atoms with E-state index in [1.165, 1.54) is 12.1 Å². The lowest BCUT2D eigenvalue weighted by atomic mass is 10.1. The van der Waals surface area contributed by atoms with Gasteiger partial charge in [0.1, 0.15) is 17.2 Å². The Morgan fingerprint density at radius 2 is 1.89 bits per heavy atom. The summed E-state index contributed by atoms with van der Waals surface area (Å²) in [5.74, 6) is -0.401. The van der Waals surface area contributed by atoms with Gasteiger partial charge in [-0.3, -0.25) is 4.79 Å². The summed E-state index contributed by atoms with van der Waals surface area (Å²) in [7, 11) is 0. The zero-order chi connectivity index (χ0) is 13.8. The lowest BCUT2D eigenvalue weighted by Gasteiger charge is -2.08. The molecule has 0 spiro atoms. The van der Waals surface area contributed by atoms with E-state index in [0.29, 0.717) is 10.8 Å². The van der Waals surface area contributed by atoms with Gasteiger partial charge < -0.3 is 14.9 Å². The Balaban J connectivity index is 2.08. The number of para-hydroxylation sites is 1. The number of ketones is 1. The number of ether oxygens (including phenoxy) is 1. The minimum atomic E-state index is -0.405. The molecule has 0 aliphatic rings. The highest BCUT2D eigenvalue weighted by Gasteiger charge is 2.13. The van der Waals surface area contributed by atoms with Gasteiger partial charge >= 0.3 is 0 Å². The van der Waals surface area contributed by atoms with E-state index in [2.05, 4.69) is 0 Å². The van der Waals surface area contributed by atoms with Crippen molar-refractivity contribution in [3.8, 4) is 17.2 Å². The Bertz CT molecular complexity index is 610. The molecule has 2 N–H and O–H groups in total. The predicted octanol–water partition coefficient (Wildman–Crippen LogP) is 3.01. The van der Waals surface area contributed by atoms with Gasteiger partial charge in [0, 0.05) is 6.07 Å². The number of Topliss-reactive ketones (excluding diaryl/α,β-unsaturated/α-hetero) is 1. The fourth-order valence-electron chi connectivity index (χ4n) is 1.54. The highest BCUT2D eigenvalue weighted by molar-refractivity contribution is 6.32. The van der Waals surface area contributed by atoms with Crippen molar-refractivity contribution in [2.45, 2.75) is 0 Å². The van der Waals surface area contributed by atoms with Crippen molar-refractivity contribution >= 4 is 17.4 Å². The maximum Gasteiger partial charge on any atom is 0.203 e. The van der Waals surface area contributed by atoms with Crippen molar-refractivity contribution < 1.29 is 19.7 Å². The Hall–Kier alpha value is -2.20. The second-order valence-electron chi connectivity index (χ2n) is 3.84. The van der Waals surface area contributed by atoms with E-state index in [1.807, 2.05) is 0 Å². The highest BCUT2D eigenvalue weighted by Crippen LogP contribution is 2.25. The Morgan fingerprint density at radius 3 is 2.58 bits per heavy atom. The summed E-state index contributed by atoms with van der Waals surface area (Å²) in [6.07, 6.45) is 0. The van der Waals surface area contributed by atoms with Crippen LogP contribution in [0.15, 0.2) is 42.5 Å². The van der Waals surface area contributed by atoms with Crippen LogP contribution in [-0.4, -0.2) is 22.6 Å². The molecular weight excluding hydrogens is 268 g/mol. The van der Waals surface area contributed by atoms with Gasteiger partial charge in [-0.2, -0.15) is 0 Å². The van der Waals surface area contributed by atoms with Crippen molar-refractivity contribution in [2.24, 2.45) is 0 Å². The average Bonchev–Trinajstić information content (AvgIpc) is 2.37. The molecule has 4 nitrogen and oxygen atoms in total. The second kappa shape index (κ2) is 5.63. The number of hydrogen-bond acceptors (Lipinski definition) is 4. The van der Waals surface area contributed by atoms with Crippen LogP contribution in [0, 0.1) is 0 Å². The summed E-state index contributed by atoms with van der Waals surface area (Å²) in [4.78, 5) is 11.9. The van der Waals surface area contributed by atoms with E-state index in [4.69, 9.17) is 21.4 Å². The number of carbonyl (C=O) groups excluding carboxylic acids is 1. The summed E-state index contributed by atoms with van der Waals surface area (Å²) in [5, 5.41) is 19.1. The summed E-state index contributed by atoms with van der Waals surface area (Å²) in [6.45, 7) is -0.248. The molecule has 2 aromatic rings. The number of aromatic hydroxyl groups is 2. The monoisotopic (exact) mass is 278 g/mol. The number of rotatable bonds is 4. The highest BCUT2D eigenvalue weighted by atomic mass is 35.5. The number of halogens is 1. The van der Waals surface area contributed by atoms with E-state index < -0.39 is 5.78 Å². The molecule has 0 aliphatic heterocycles. The number of phenols is 2. The maximum absolute atomic E-state index is 11.9. The number of carbonyl (C=O) groups is 1. The molecule has 19 heavy (non-hydrogen) atoms. The minimum Gasteiger partial charge on any atom is -0.508 e. The van der Waals surface area contributed by atoms with Gasteiger partial charge in [-0.05, 0) is 24.3 Å². The zero-order valence-corrected chi connectivity index (χ0v) is 10.6. The minimum absolute atomic E-state index is 0.0878. The quantitative estimate of drug-likeness (QED) is 0.844. The van der Waals surface area contributed by atoms with Crippen LogP contribution in [0.3, 0.4) is 0 Å². The topological polar surface area (TPSA) is 66.8 Å². The molecule has 0 aliphatic carbocycles. The van der Waals surface area contributed by atoms with Crippen LogP contribution in [0.25, 0.3) is 0 Å². The molecular formula is C14H11ClO4. The van der Waals surface area contributed by atoms with Crippen LogP contribution in [0.1, 0.15) is 10.4 Å². The molecule has 5 heteroatoms. The van der Waals surface area contributed by atoms with Gasteiger partial charge in [-0.25, -0.2) is 0 Å². The number of hydrogen-bond donors (Lipinski definition) is 2. The van der Waals surface area contributed by atoms with E-state index in [1.54, 1.807) is 24.3 Å². The van der Waals surface area contributed by atoms with Crippen molar-refractivity contribution in [1.82, 2.24) is 0 Å². The third-order valence-corrected chi connectivity index (χ3v) is 2.79. The second-order valence-corrected chi connectivity index (χ2v) is 4.25. The molecule has 0 atom stereocenters. The molecule has 0 aromatic heterocycles. The average molecular weight is 279 g/mol. The smallest absolute Gasteiger partial charge is 0.203 e. The van der Waals surface area contributed by atoms with Crippen LogP contribution in [-0.2, 0) is 0 Å². The summed E-state index contributed by atoms with van der Waals surface area (Å²) >= 11 is 5.89. The standard InChI is InChI=1S/C14H11ClO4/c15-11-3-1-2-4-14(11)19-8-13(18)10-6-5-9(16)7-12(10)17/h1-7,16-17H,8H2. The van der Waals surface area contributed by atoms with Crippen molar-refractivity contribution in [3.63, 3.8) is 0 Å². The van der Waals surface area contributed by atoms with Gasteiger partial charge in [0.05, 0.1) is 10.6 Å². The van der Waals surface area contributed by atoms with Crippen LogP contribution in [0.2, 0.25) is 5.02 Å². The molecule has 0 fully saturated rings. The molecule has 0 unspecified atom stereocenters. The first kappa shape index (κ1) is 13.2. The lowest BCUT2D eigenvalue weighted by Crippen LogP contribution is -2.11. The van der Waals surface area contributed by atoms with Gasteiger partial charge in [0.2, 0.25) is 5.78 Å². The Morgan fingerprint density at radius 1 is 1.16 bits per heavy atom. The van der Waals surface area contributed by atoms with Crippen LogP contribution in [0.4, 0.5) is 0 Å². The van der Waals surface area contributed by atoms with E-state index >= 15 is 0 Å².